The third-order valence-electron chi connectivity index (χ3n) is 4.59. The second-order valence-electron chi connectivity index (χ2n) is 7.49. The summed E-state index contributed by atoms with van der Waals surface area (Å²) in [4.78, 5) is 62.8. The molecule has 3 rings (SSSR count). The molecule has 3 aromatic carbocycles. The molecule has 224 valence electrons. The molecule has 15 nitrogen and oxygen atoms in total. The van der Waals surface area contributed by atoms with E-state index in [1.165, 1.54) is 72.8 Å². The van der Waals surface area contributed by atoms with E-state index in [1.807, 2.05) is 0 Å². The zero-order valence-corrected chi connectivity index (χ0v) is 21.4. The van der Waals surface area contributed by atoms with Crippen molar-refractivity contribution in [2.75, 3.05) is 13.2 Å². The summed E-state index contributed by atoms with van der Waals surface area (Å²) in [5.74, 6) is -7.37. The molecule has 42 heavy (non-hydrogen) atoms. The number of carboxylic acid groups (broad SMARTS) is 6. The third-order valence-corrected chi connectivity index (χ3v) is 4.59. The lowest BCUT2D eigenvalue weighted by Gasteiger charge is -1.98. The maximum Gasteiger partial charge on any atom is 0.336 e. The van der Waals surface area contributed by atoms with Crippen LogP contribution in [0, 0.1) is 0 Å². The first-order chi connectivity index (χ1) is 19.7. The minimum absolute atomic E-state index is 0.190. The molecule has 3 aromatic rings. The number of rotatable bonds is 8. The third kappa shape index (κ3) is 12.5. The molecule has 0 unspecified atom stereocenters. The van der Waals surface area contributed by atoms with Crippen molar-refractivity contribution in [3.63, 3.8) is 0 Å². The molecule has 0 fully saturated rings. The first-order valence-electron chi connectivity index (χ1n) is 11.3. The van der Waals surface area contributed by atoms with Crippen LogP contribution in [0.3, 0.4) is 0 Å². The Morgan fingerprint density at radius 3 is 0.619 bits per heavy atom. The molecule has 0 aliphatic rings. The number of hydrogen-bond acceptors (Lipinski definition) is 9. The van der Waals surface area contributed by atoms with Gasteiger partial charge in [0.05, 0.1) is 46.6 Å². The average molecular weight is 590 g/mol. The van der Waals surface area contributed by atoms with Gasteiger partial charge in [-0.05, 0) is 36.4 Å². The van der Waals surface area contributed by atoms with Crippen molar-refractivity contribution in [2.45, 2.75) is 6.10 Å². The van der Waals surface area contributed by atoms with Gasteiger partial charge in [-0.2, -0.15) is 0 Å². The maximum atomic E-state index is 10.5. The highest BCUT2D eigenvalue weighted by Gasteiger charge is 2.15. The highest BCUT2D eigenvalue weighted by atomic mass is 16.4. The summed E-state index contributed by atoms with van der Waals surface area (Å²) in [5, 5.41) is 75.3. The molecular formula is C27H26O15. The molecule has 9 N–H and O–H groups in total. The minimum atomic E-state index is -1.23. The van der Waals surface area contributed by atoms with E-state index in [4.69, 9.17) is 46.0 Å². The highest BCUT2D eigenvalue weighted by Crippen LogP contribution is 2.09. The van der Waals surface area contributed by atoms with Crippen molar-refractivity contribution >= 4 is 35.8 Å². The molecule has 0 heterocycles. The lowest BCUT2D eigenvalue weighted by atomic mass is 10.1. The molecule has 0 spiro atoms. The van der Waals surface area contributed by atoms with E-state index in [9.17, 15) is 28.8 Å². The molecule has 0 aliphatic heterocycles. The molecular weight excluding hydrogens is 564 g/mol. The van der Waals surface area contributed by atoms with Crippen LogP contribution in [0.25, 0.3) is 0 Å². The van der Waals surface area contributed by atoms with Crippen LogP contribution in [-0.4, -0.2) is 101 Å². The van der Waals surface area contributed by atoms with Crippen LogP contribution in [0.5, 0.6) is 0 Å². The van der Waals surface area contributed by atoms with Crippen molar-refractivity contribution in [3.05, 3.63) is 106 Å². The Morgan fingerprint density at radius 1 is 0.405 bits per heavy atom. The topological polar surface area (TPSA) is 284 Å². The molecule has 0 aliphatic carbocycles. The largest absolute Gasteiger partial charge is 0.478 e. The fourth-order valence-corrected chi connectivity index (χ4v) is 2.63. The van der Waals surface area contributed by atoms with Crippen molar-refractivity contribution in [1.29, 1.82) is 0 Å². The Hall–Kier alpha value is -5.64. The summed E-state index contributed by atoms with van der Waals surface area (Å²) in [6.07, 6.45) is -0.954. The second-order valence-corrected chi connectivity index (χ2v) is 7.49. The SMILES string of the molecule is O=C(O)c1ccccc1C(=O)O.O=C(O)c1ccccc1C(=O)O.O=C(O)c1ccccc1C(=O)O.OCC(O)CO. The van der Waals surface area contributed by atoms with E-state index in [2.05, 4.69) is 0 Å². The summed E-state index contributed by atoms with van der Waals surface area (Å²) >= 11 is 0. The van der Waals surface area contributed by atoms with Gasteiger partial charge >= 0.3 is 35.8 Å². The fraction of sp³-hybridized carbons (Fsp3) is 0.111. The van der Waals surface area contributed by atoms with Crippen LogP contribution in [-0.2, 0) is 0 Å². The molecule has 0 aromatic heterocycles. The summed E-state index contributed by atoms with van der Waals surface area (Å²) in [5.41, 5.74) is -1.14. The molecule has 0 radical (unpaired) electrons. The first kappa shape index (κ1) is 36.4. The number of aliphatic hydroxyl groups is 3. The zero-order chi connectivity index (χ0) is 32.4. The smallest absolute Gasteiger partial charge is 0.336 e. The number of aliphatic hydroxyl groups excluding tert-OH is 3. The number of hydrogen-bond donors (Lipinski definition) is 9. The van der Waals surface area contributed by atoms with Gasteiger partial charge in [-0.3, -0.25) is 0 Å². The number of aromatic carboxylic acids is 6. The lowest BCUT2D eigenvalue weighted by molar-refractivity contribution is 0.0450. The van der Waals surface area contributed by atoms with Crippen LogP contribution in [0.1, 0.15) is 62.1 Å². The minimum Gasteiger partial charge on any atom is -0.478 e. The molecule has 0 amide bonds. The normalized spacial score (nSPS) is 9.43. The van der Waals surface area contributed by atoms with Gasteiger partial charge in [-0.25, -0.2) is 28.8 Å². The predicted octanol–water partition coefficient (Wildman–Crippen LogP) is 1.58. The van der Waals surface area contributed by atoms with E-state index in [1.54, 1.807) is 0 Å². The van der Waals surface area contributed by atoms with Crippen molar-refractivity contribution in [1.82, 2.24) is 0 Å². The van der Waals surface area contributed by atoms with Gasteiger partial charge in [0, 0.05) is 0 Å². The molecule has 0 saturated carbocycles. The lowest BCUT2D eigenvalue weighted by Crippen LogP contribution is -2.15. The van der Waals surface area contributed by atoms with E-state index in [0.717, 1.165) is 0 Å². The van der Waals surface area contributed by atoms with Gasteiger partial charge in [-0.15, -0.1) is 0 Å². The summed E-state index contributed by atoms with van der Waals surface area (Å²) < 4.78 is 0. The van der Waals surface area contributed by atoms with Crippen molar-refractivity contribution < 1.29 is 74.7 Å². The van der Waals surface area contributed by atoms with Gasteiger partial charge in [0.25, 0.3) is 0 Å². The Labute approximate surface area is 236 Å². The zero-order valence-electron chi connectivity index (χ0n) is 21.4. The maximum absolute atomic E-state index is 10.5. The van der Waals surface area contributed by atoms with E-state index < -0.39 is 41.9 Å². The summed E-state index contributed by atoms with van der Waals surface area (Å²) in [7, 11) is 0. The van der Waals surface area contributed by atoms with Gasteiger partial charge in [0.15, 0.2) is 0 Å². The van der Waals surface area contributed by atoms with Crippen LogP contribution >= 0.6 is 0 Å². The Kier molecular flexibility index (Phi) is 16.1. The standard InChI is InChI=1S/3C8H6O4.C3H8O3/c3*9-7(10)5-3-1-2-4-6(5)8(11)12;4-1-3(6)2-5/h3*1-4H,(H,9,10)(H,11,12);3-6H,1-2H2. The average Bonchev–Trinajstić information content (AvgIpc) is 2.97. The van der Waals surface area contributed by atoms with E-state index >= 15 is 0 Å². The van der Waals surface area contributed by atoms with Crippen LogP contribution in [0.4, 0.5) is 0 Å². The fourth-order valence-electron chi connectivity index (χ4n) is 2.63. The Bertz CT molecular complexity index is 1130. The Morgan fingerprint density at radius 2 is 0.548 bits per heavy atom. The van der Waals surface area contributed by atoms with Crippen LogP contribution in [0.2, 0.25) is 0 Å². The Balaban J connectivity index is 0.000000549. The van der Waals surface area contributed by atoms with E-state index in [0.29, 0.717) is 0 Å². The number of benzene rings is 3. The van der Waals surface area contributed by atoms with Crippen LogP contribution < -0.4 is 0 Å². The molecule has 15 heteroatoms. The number of carboxylic acids is 6. The molecule has 0 atom stereocenters. The number of carbonyl (C=O) groups is 6. The second kappa shape index (κ2) is 18.6. The summed E-state index contributed by atoms with van der Waals surface area (Å²) in [6.45, 7) is -0.729. The quantitative estimate of drug-likeness (QED) is 0.180. The predicted molar refractivity (Wildman–Crippen MR) is 141 cm³/mol. The molecule has 0 bridgehead atoms. The highest BCUT2D eigenvalue weighted by molar-refractivity contribution is 6.02. The van der Waals surface area contributed by atoms with Gasteiger partial charge in [0.1, 0.15) is 6.10 Å². The van der Waals surface area contributed by atoms with E-state index in [-0.39, 0.29) is 46.6 Å². The van der Waals surface area contributed by atoms with Crippen molar-refractivity contribution in [2.24, 2.45) is 0 Å². The van der Waals surface area contributed by atoms with Crippen LogP contribution in [0.15, 0.2) is 72.8 Å². The molecule has 0 saturated heterocycles. The van der Waals surface area contributed by atoms with Gasteiger partial charge in [0.2, 0.25) is 0 Å². The van der Waals surface area contributed by atoms with Gasteiger partial charge in [-0.1, -0.05) is 36.4 Å². The van der Waals surface area contributed by atoms with Crippen molar-refractivity contribution in [3.8, 4) is 0 Å². The van der Waals surface area contributed by atoms with Gasteiger partial charge < -0.3 is 46.0 Å². The monoisotopic (exact) mass is 590 g/mol. The first-order valence-corrected chi connectivity index (χ1v) is 11.3. The summed E-state index contributed by atoms with van der Waals surface area (Å²) in [6, 6.07) is 16.4.